The molecular formula is C17H23NO3. The molecule has 1 aromatic carbocycles. The van der Waals surface area contributed by atoms with E-state index in [4.69, 9.17) is 9.52 Å². The number of rotatable bonds is 9. The number of oxazole rings is 1. The van der Waals surface area contributed by atoms with Crippen molar-refractivity contribution in [1.82, 2.24) is 4.98 Å². The second-order valence-electron chi connectivity index (χ2n) is 5.44. The maximum absolute atomic E-state index is 11.1. The van der Waals surface area contributed by atoms with E-state index in [2.05, 4.69) is 11.9 Å². The van der Waals surface area contributed by atoms with E-state index >= 15 is 0 Å². The molecule has 0 aliphatic heterocycles. The van der Waals surface area contributed by atoms with E-state index in [1.165, 1.54) is 38.5 Å². The Kier molecular flexibility index (Phi) is 5.78. The van der Waals surface area contributed by atoms with Crippen molar-refractivity contribution in [1.29, 1.82) is 0 Å². The molecule has 0 unspecified atom stereocenters. The second-order valence-corrected chi connectivity index (χ2v) is 5.44. The first-order valence-corrected chi connectivity index (χ1v) is 7.84. The van der Waals surface area contributed by atoms with Crippen LogP contribution in [-0.4, -0.2) is 16.1 Å². The highest BCUT2D eigenvalue weighted by atomic mass is 16.4. The fourth-order valence-corrected chi connectivity index (χ4v) is 2.51. The van der Waals surface area contributed by atoms with Crippen molar-refractivity contribution in [2.24, 2.45) is 0 Å². The molecule has 0 fully saturated rings. The molecule has 4 heteroatoms. The number of para-hydroxylation sites is 1. The van der Waals surface area contributed by atoms with Gasteiger partial charge in [0.05, 0.1) is 5.56 Å². The van der Waals surface area contributed by atoms with Crippen molar-refractivity contribution in [2.75, 3.05) is 0 Å². The quantitative estimate of drug-likeness (QED) is 0.672. The molecule has 2 aromatic rings. The third kappa shape index (κ3) is 4.31. The molecule has 1 heterocycles. The van der Waals surface area contributed by atoms with Gasteiger partial charge in [-0.3, -0.25) is 0 Å². The van der Waals surface area contributed by atoms with Crippen LogP contribution in [0.25, 0.3) is 11.1 Å². The summed E-state index contributed by atoms with van der Waals surface area (Å²) >= 11 is 0. The lowest BCUT2D eigenvalue weighted by Gasteiger charge is -1.99. The number of carboxylic acids is 1. The number of hydrogen-bond donors (Lipinski definition) is 1. The molecule has 0 bridgehead atoms. The fraction of sp³-hybridized carbons (Fsp3) is 0.529. The molecule has 21 heavy (non-hydrogen) atoms. The van der Waals surface area contributed by atoms with Gasteiger partial charge in [-0.2, -0.15) is 0 Å². The van der Waals surface area contributed by atoms with Gasteiger partial charge < -0.3 is 9.52 Å². The van der Waals surface area contributed by atoms with Crippen molar-refractivity contribution in [3.63, 3.8) is 0 Å². The minimum atomic E-state index is -0.962. The van der Waals surface area contributed by atoms with Crippen LogP contribution < -0.4 is 0 Å². The first kappa shape index (κ1) is 15.5. The van der Waals surface area contributed by atoms with Crippen LogP contribution in [0.2, 0.25) is 0 Å². The summed E-state index contributed by atoms with van der Waals surface area (Å²) in [6, 6.07) is 5.02. The maximum Gasteiger partial charge on any atom is 0.338 e. The summed E-state index contributed by atoms with van der Waals surface area (Å²) in [6.45, 7) is 2.22. The summed E-state index contributed by atoms with van der Waals surface area (Å²) in [7, 11) is 0. The lowest BCUT2D eigenvalue weighted by molar-refractivity contribution is 0.0699. The summed E-state index contributed by atoms with van der Waals surface area (Å²) in [5, 5.41) is 9.13. The zero-order chi connectivity index (χ0) is 15.1. The van der Waals surface area contributed by atoms with Crippen molar-refractivity contribution in [3.05, 3.63) is 29.7 Å². The Morgan fingerprint density at radius 2 is 1.86 bits per heavy atom. The molecule has 1 N–H and O–H groups in total. The van der Waals surface area contributed by atoms with E-state index in [1.54, 1.807) is 18.2 Å². The molecule has 0 saturated heterocycles. The van der Waals surface area contributed by atoms with Crippen LogP contribution in [0.5, 0.6) is 0 Å². The van der Waals surface area contributed by atoms with Crippen molar-refractivity contribution < 1.29 is 14.3 Å². The molecule has 4 nitrogen and oxygen atoms in total. The zero-order valence-corrected chi connectivity index (χ0v) is 12.6. The van der Waals surface area contributed by atoms with E-state index in [9.17, 15) is 4.79 Å². The molecule has 1 aromatic heterocycles. The van der Waals surface area contributed by atoms with Gasteiger partial charge in [0.2, 0.25) is 0 Å². The Balaban J connectivity index is 1.86. The van der Waals surface area contributed by atoms with Gasteiger partial charge in [-0.15, -0.1) is 0 Å². The molecule has 0 saturated carbocycles. The summed E-state index contributed by atoms with van der Waals surface area (Å²) in [4.78, 5) is 15.5. The van der Waals surface area contributed by atoms with Gasteiger partial charge in [0, 0.05) is 6.42 Å². The zero-order valence-electron chi connectivity index (χ0n) is 12.6. The van der Waals surface area contributed by atoms with Crippen LogP contribution in [0.3, 0.4) is 0 Å². The maximum atomic E-state index is 11.1. The number of benzene rings is 1. The van der Waals surface area contributed by atoms with Gasteiger partial charge in [-0.05, 0) is 18.6 Å². The first-order chi connectivity index (χ1) is 10.2. The Morgan fingerprint density at radius 3 is 2.57 bits per heavy atom. The Hall–Kier alpha value is -1.84. The fourth-order valence-electron chi connectivity index (χ4n) is 2.51. The number of carbonyl (C=O) groups is 1. The second kappa shape index (κ2) is 7.81. The topological polar surface area (TPSA) is 63.3 Å². The van der Waals surface area contributed by atoms with Crippen LogP contribution in [0.1, 0.15) is 68.1 Å². The first-order valence-electron chi connectivity index (χ1n) is 7.84. The van der Waals surface area contributed by atoms with Gasteiger partial charge >= 0.3 is 5.97 Å². The van der Waals surface area contributed by atoms with Crippen molar-refractivity contribution in [2.45, 2.75) is 58.3 Å². The SMILES string of the molecule is CCCCCCCCCc1nc2c(C(=O)O)cccc2o1. The predicted molar refractivity (Wildman–Crippen MR) is 82.7 cm³/mol. The van der Waals surface area contributed by atoms with Gasteiger partial charge in [0.15, 0.2) is 11.5 Å². The monoisotopic (exact) mass is 289 g/mol. The molecule has 0 radical (unpaired) electrons. The molecule has 0 aliphatic carbocycles. The average molecular weight is 289 g/mol. The lowest BCUT2D eigenvalue weighted by atomic mass is 10.1. The smallest absolute Gasteiger partial charge is 0.338 e. The van der Waals surface area contributed by atoms with Gasteiger partial charge in [0.25, 0.3) is 0 Å². The van der Waals surface area contributed by atoms with E-state index in [0.717, 1.165) is 12.8 Å². The Labute approximate surface area is 125 Å². The highest BCUT2D eigenvalue weighted by Gasteiger charge is 2.13. The van der Waals surface area contributed by atoms with E-state index in [1.807, 2.05) is 0 Å². The number of aryl methyl sites for hydroxylation is 1. The van der Waals surface area contributed by atoms with Crippen molar-refractivity contribution >= 4 is 17.1 Å². The molecule has 0 aliphatic rings. The largest absolute Gasteiger partial charge is 0.478 e. The third-order valence-electron chi connectivity index (χ3n) is 3.69. The molecular weight excluding hydrogens is 266 g/mol. The number of aromatic nitrogens is 1. The van der Waals surface area contributed by atoms with E-state index < -0.39 is 5.97 Å². The summed E-state index contributed by atoms with van der Waals surface area (Å²) < 4.78 is 5.63. The van der Waals surface area contributed by atoms with Gasteiger partial charge in [-0.1, -0.05) is 51.5 Å². The third-order valence-corrected chi connectivity index (χ3v) is 3.69. The highest BCUT2D eigenvalue weighted by molar-refractivity contribution is 6.00. The van der Waals surface area contributed by atoms with E-state index in [-0.39, 0.29) is 5.56 Å². The van der Waals surface area contributed by atoms with Crippen molar-refractivity contribution in [3.8, 4) is 0 Å². The van der Waals surface area contributed by atoms with Crippen LogP contribution in [-0.2, 0) is 6.42 Å². The highest BCUT2D eigenvalue weighted by Crippen LogP contribution is 2.21. The predicted octanol–water partition coefficient (Wildman–Crippen LogP) is 4.82. The number of unbranched alkanes of at least 4 members (excludes halogenated alkanes) is 6. The molecule has 114 valence electrons. The van der Waals surface area contributed by atoms with Crippen LogP contribution >= 0.6 is 0 Å². The summed E-state index contributed by atoms with van der Waals surface area (Å²) in [5.74, 6) is -0.316. The number of fused-ring (bicyclic) bond motifs is 1. The summed E-state index contributed by atoms with van der Waals surface area (Å²) in [5.41, 5.74) is 1.23. The lowest BCUT2D eigenvalue weighted by Crippen LogP contribution is -1.96. The number of carboxylic acid groups (broad SMARTS) is 1. The van der Waals surface area contributed by atoms with Gasteiger partial charge in [-0.25, -0.2) is 9.78 Å². The number of aromatic carboxylic acids is 1. The molecule has 2 rings (SSSR count). The standard InChI is InChI=1S/C17H23NO3/c1-2-3-4-5-6-7-8-12-15-18-16-13(17(19)20)10-9-11-14(16)21-15/h9-11H,2-8,12H2,1H3,(H,19,20). The Bertz CT molecular complexity index is 589. The van der Waals surface area contributed by atoms with E-state index in [0.29, 0.717) is 17.0 Å². The Morgan fingerprint density at radius 1 is 1.14 bits per heavy atom. The number of nitrogens with zero attached hydrogens (tertiary/aromatic N) is 1. The summed E-state index contributed by atoms with van der Waals surface area (Å²) in [6.07, 6.45) is 9.46. The normalized spacial score (nSPS) is 11.1. The minimum absolute atomic E-state index is 0.210. The van der Waals surface area contributed by atoms with Crippen LogP contribution in [0.15, 0.2) is 22.6 Å². The minimum Gasteiger partial charge on any atom is -0.478 e. The molecule has 0 spiro atoms. The average Bonchev–Trinajstić information content (AvgIpc) is 2.88. The van der Waals surface area contributed by atoms with Crippen LogP contribution in [0.4, 0.5) is 0 Å². The van der Waals surface area contributed by atoms with Gasteiger partial charge in [0.1, 0.15) is 5.52 Å². The molecule has 0 amide bonds. The number of hydrogen-bond acceptors (Lipinski definition) is 3. The van der Waals surface area contributed by atoms with Crippen LogP contribution in [0, 0.1) is 0 Å². The molecule has 0 atom stereocenters.